The van der Waals surface area contributed by atoms with Crippen molar-refractivity contribution in [3.63, 3.8) is 0 Å². The first kappa shape index (κ1) is 10.7. The summed E-state index contributed by atoms with van der Waals surface area (Å²) in [6.07, 6.45) is 0. The molecule has 1 heterocycles. The van der Waals surface area contributed by atoms with Crippen molar-refractivity contribution in [1.29, 1.82) is 0 Å². The minimum absolute atomic E-state index is 0.845. The minimum atomic E-state index is 0.845. The fourth-order valence-electron chi connectivity index (χ4n) is 1.82. The molecule has 0 aromatic heterocycles. The van der Waals surface area contributed by atoms with E-state index in [1.807, 2.05) is 6.07 Å². The molecule has 1 saturated heterocycles. The quantitative estimate of drug-likeness (QED) is 0.556. The van der Waals surface area contributed by atoms with E-state index in [2.05, 4.69) is 38.2 Å². The van der Waals surface area contributed by atoms with Crippen molar-refractivity contribution in [1.82, 2.24) is 4.90 Å². The number of benzene rings is 1. The Hall–Kier alpha value is -0.790. The lowest BCUT2D eigenvalue weighted by Gasteiger charge is -2.34. The predicted octanol–water partition coefficient (Wildman–Crippen LogP) is 0.521. The zero-order valence-electron chi connectivity index (χ0n) is 9.11. The first-order valence-electron chi connectivity index (χ1n) is 5.25. The van der Waals surface area contributed by atoms with Crippen molar-refractivity contribution in [3.8, 4) is 0 Å². The third-order valence-corrected chi connectivity index (χ3v) is 3.44. The van der Waals surface area contributed by atoms with Gasteiger partial charge in [0.15, 0.2) is 0 Å². The van der Waals surface area contributed by atoms with Gasteiger partial charge in [0.2, 0.25) is 0 Å². The van der Waals surface area contributed by atoms with Gasteiger partial charge in [0.1, 0.15) is 0 Å². The number of likely N-dealkylation sites (N-methyl/N-ethyl adjacent to an activating group) is 1. The summed E-state index contributed by atoms with van der Waals surface area (Å²) in [5.41, 5.74) is 7.92. The lowest BCUT2D eigenvalue weighted by Crippen LogP contribution is -2.44. The van der Waals surface area contributed by atoms with E-state index in [-0.39, 0.29) is 0 Å². The fraction of sp³-hybridized carbons (Fsp3) is 0.455. The van der Waals surface area contributed by atoms with Gasteiger partial charge in [0.05, 0.1) is 0 Å². The number of piperazine rings is 1. The average Bonchev–Trinajstić information content (AvgIpc) is 2.23. The van der Waals surface area contributed by atoms with Crippen LogP contribution in [-0.2, 0) is 0 Å². The molecular formula is C11H18N3P. The molecule has 1 aromatic rings. The average molecular weight is 223 g/mol. The third-order valence-electron chi connectivity index (χ3n) is 2.94. The lowest BCUT2D eigenvalue weighted by atomic mass is 10.2. The van der Waals surface area contributed by atoms with Crippen LogP contribution in [0.25, 0.3) is 0 Å². The maximum Gasteiger partial charge on any atom is 0.0388 e. The standard InChI is InChI=1S/C11H18N3P/c1-13-4-6-14(7-5-13)9-2-3-10(12)11(15)8-9/h2-3,8H,4-7,12,15H2,1H3. The number of hydrogen-bond donors (Lipinski definition) is 1. The molecule has 2 N–H and O–H groups in total. The maximum absolute atomic E-state index is 5.79. The molecule has 1 aliphatic heterocycles. The van der Waals surface area contributed by atoms with E-state index >= 15 is 0 Å². The van der Waals surface area contributed by atoms with Gasteiger partial charge in [-0.25, -0.2) is 0 Å². The van der Waals surface area contributed by atoms with Crippen molar-refractivity contribution in [2.45, 2.75) is 0 Å². The normalized spacial score (nSPS) is 18.1. The lowest BCUT2D eigenvalue weighted by molar-refractivity contribution is 0.313. The van der Waals surface area contributed by atoms with Gasteiger partial charge in [-0.15, -0.1) is 9.24 Å². The van der Waals surface area contributed by atoms with Crippen molar-refractivity contribution >= 4 is 25.9 Å². The van der Waals surface area contributed by atoms with Crippen molar-refractivity contribution < 1.29 is 0 Å². The molecule has 1 fully saturated rings. The summed E-state index contributed by atoms with van der Waals surface area (Å²) in [4.78, 5) is 4.77. The van der Waals surface area contributed by atoms with Crippen LogP contribution in [0.1, 0.15) is 0 Å². The Balaban J connectivity index is 2.12. The number of anilines is 2. The first-order valence-corrected chi connectivity index (χ1v) is 5.83. The molecule has 82 valence electrons. The topological polar surface area (TPSA) is 32.5 Å². The second kappa shape index (κ2) is 4.38. The molecule has 0 radical (unpaired) electrons. The summed E-state index contributed by atoms with van der Waals surface area (Å²) in [5.74, 6) is 0. The molecule has 0 saturated carbocycles. The Morgan fingerprint density at radius 2 is 1.87 bits per heavy atom. The second-order valence-corrected chi connectivity index (χ2v) is 4.73. The monoisotopic (exact) mass is 223 g/mol. The summed E-state index contributed by atoms with van der Waals surface area (Å²) in [6.45, 7) is 4.47. The van der Waals surface area contributed by atoms with Gasteiger partial charge in [-0.05, 0) is 30.6 Å². The van der Waals surface area contributed by atoms with Gasteiger partial charge in [0.25, 0.3) is 0 Å². The molecule has 3 nitrogen and oxygen atoms in total. The number of nitrogens with zero attached hydrogens (tertiary/aromatic N) is 2. The summed E-state index contributed by atoms with van der Waals surface area (Å²) < 4.78 is 0. The molecule has 1 unspecified atom stereocenters. The van der Waals surface area contributed by atoms with Gasteiger partial charge in [-0.2, -0.15) is 0 Å². The Morgan fingerprint density at radius 1 is 1.20 bits per heavy atom. The smallest absolute Gasteiger partial charge is 0.0388 e. The molecule has 1 atom stereocenters. The van der Waals surface area contributed by atoms with Crippen LogP contribution in [0.4, 0.5) is 11.4 Å². The van der Waals surface area contributed by atoms with E-state index in [1.165, 1.54) is 5.69 Å². The molecule has 2 rings (SSSR count). The Kier molecular flexibility index (Phi) is 3.13. The molecule has 0 spiro atoms. The zero-order chi connectivity index (χ0) is 10.8. The molecule has 4 heteroatoms. The van der Waals surface area contributed by atoms with Crippen molar-refractivity contribution in [2.24, 2.45) is 0 Å². The van der Waals surface area contributed by atoms with Crippen LogP contribution in [-0.4, -0.2) is 38.1 Å². The first-order chi connectivity index (χ1) is 7.16. The van der Waals surface area contributed by atoms with Crippen LogP contribution in [0.5, 0.6) is 0 Å². The second-order valence-electron chi connectivity index (χ2n) is 4.10. The molecule has 0 amide bonds. The highest BCUT2D eigenvalue weighted by Gasteiger charge is 2.14. The summed E-state index contributed by atoms with van der Waals surface area (Å²) in [7, 11) is 4.85. The Labute approximate surface area is 93.4 Å². The van der Waals surface area contributed by atoms with Crippen LogP contribution in [0.2, 0.25) is 0 Å². The number of nitrogen functional groups attached to an aromatic ring is 1. The highest BCUT2D eigenvalue weighted by Crippen LogP contribution is 2.17. The third kappa shape index (κ3) is 2.42. The molecule has 15 heavy (non-hydrogen) atoms. The SMILES string of the molecule is CN1CCN(c2ccc(N)c(P)c2)CC1. The Bertz CT molecular complexity index is 346. The van der Waals surface area contributed by atoms with Crippen molar-refractivity contribution in [3.05, 3.63) is 18.2 Å². The fourth-order valence-corrected chi connectivity index (χ4v) is 2.09. The van der Waals surface area contributed by atoms with E-state index in [0.29, 0.717) is 0 Å². The molecule has 1 aliphatic rings. The van der Waals surface area contributed by atoms with Crippen LogP contribution < -0.4 is 15.9 Å². The Morgan fingerprint density at radius 3 is 2.47 bits per heavy atom. The number of rotatable bonds is 1. The molecule has 0 aliphatic carbocycles. The van der Waals surface area contributed by atoms with E-state index < -0.39 is 0 Å². The van der Waals surface area contributed by atoms with E-state index in [4.69, 9.17) is 5.73 Å². The number of hydrogen-bond acceptors (Lipinski definition) is 3. The highest BCUT2D eigenvalue weighted by molar-refractivity contribution is 7.28. The molecule has 1 aromatic carbocycles. The largest absolute Gasteiger partial charge is 0.398 e. The van der Waals surface area contributed by atoms with Crippen LogP contribution >= 0.6 is 9.24 Å². The van der Waals surface area contributed by atoms with E-state index in [1.54, 1.807) is 0 Å². The molecule has 0 bridgehead atoms. The van der Waals surface area contributed by atoms with Gasteiger partial charge in [0, 0.05) is 37.6 Å². The minimum Gasteiger partial charge on any atom is -0.398 e. The highest BCUT2D eigenvalue weighted by atomic mass is 31.0. The van der Waals surface area contributed by atoms with E-state index in [9.17, 15) is 0 Å². The van der Waals surface area contributed by atoms with E-state index in [0.717, 1.165) is 37.2 Å². The predicted molar refractivity (Wildman–Crippen MR) is 69.9 cm³/mol. The summed E-state index contributed by atoms with van der Waals surface area (Å²) >= 11 is 0. The van der Waals surface area contributed by atoms with Crippen LogP contribution in [0.3, 0.4) is 0 Å². The van der Waals surface area contributed by atoms with Crippen LogP contribution in [0.15, 0.2) is 18.2 Å². The number of nitrogens with two attached hydrogens (primary N) is 1. The zero-order valence-corrected chi connectivity index (χ0v) is 10.3. The molecular weight excluding hydrogens is 205 g/mol. The van der Waals surface area contributed by atoms with Gasteiger partial charge in [-0.3, -0.25) is 0 Å². The van der Waals surface area contributed by atoms with Crippen molar-refractivity contribution in [2.75, 3.05) is 43.9 Å². The van der Waals surface area contributed by atoms with Gasteiger partial charge < -0.3 is 15.5 Å². The van der Waals surface area contributed by atoms with Gasteiger partial charge in [-0.1, -0.05) is 0 Å². The van der Waals surface area contributed by atoms with Gasteiger partial charge >= 0.3 is 0 Å². The van der Waals surface area contributed by atoms with Crippen LogP contribution in [0, 0.1) is 0 Å². The summed E-state index contributed by atoms with van der Waals surface area (Å²) in [5, 5.41) is 1.09. The maximum atomic E-state index is 5.79. The summed E-state index contributed by atoms with van der Waals surface area (Å²) in [6, 6.07) is 6.23.